The van der Waals surface area contributed by atoms with Crippen LogP contribution in [0.25, 0.3) is 0 Å². The van der Waals surface area contributed by atoms with Gasteiger partial charge in [0.2, 0.25) is 11.8 Å². The highest BCUT2D eigenvalue weighted by molar-refractivity contribution is 7.86. The Balaban J connectivity index is 1.54. The lowest BCUT2D eigenvalue weighted by Crippen LogP contribution is -2.54. The number of nitrogens with two attached hydrogens (primary N) is 1. The highest BCUT2D eigenvalue weighted by atomic mass is 32.2. The Labute approximate surface area is 147 Å². The number of carbonyl (C=O) groups is 2. The van der Waals surface area contributed by atoms with E-state index in [0.29, 0.717) is 26.1 Å². The van der Waals surface area contributed by atoms with E-state index in [0.717, 1.165) is 9.87 Å². The van der Waals surface area contributed by atoms with E-state index in [1.54, 1.807) is 9.80 Å². The monoisotopic (exact) mass is 366 g/mol. The molecule has 0 aromatic heterocycles. The Kier molecular flexibility index (Phi) is 5.07. The number of hydrogen-bond donors (Lipinski definition) is 1. The molecular weight excluding hydrogens is 344 g/mol. The first-order chi connectivity index (χ1) is 11.8. The molecular formula is C16H22N4O4S. The van der Waals surface area contributed by atoms with Crippen LogP contribution in [-0.4, -0.2) is 73.6 Å². The van der Waals surface area contributed by atoms with Crippen LogP contribution < -0.4 is 5.14 Å². The van der Waals surface area contributed by atoms with Crippen molar-refractivity contribution in [3.8, 4) is 0 Å². The zero-order valence-corrected chi connectivity index (χ0v) is 14.7. The van der Waals surface area contributed by atoms with E-state index in [9.17, 15) is 18.0 Å². The fraction of sp³-hybridized carbons (Fsp3) is 0.500. The molecule has 0 bridgehead atoms. The van der Waals surface area contributed by atoms with Crippen molar-refractivity contribution in [3.63, 3.8) is 0 Å². The number of amides is 2. The van der Waals surface area contributed by atoms with Gasteiger partial charge in [0.1, 0.15) is 0 Å². The zero-order chi connectivity index (χ0) is 18.0. The molecule has 0 radical (unpaired) electrons. The lowest BCUT2D eigenvalue weighted by atomic mass is 9.99. The summed E-state index contributed by atoms with van der Waals surface area (Å²) >= 11 is 0. The van der Waals surface area contributed by atoms with Crippen LogP contribution in [0.1, 0.15) is 17.9 Å². The summed E-state index contributed by atoms with van der Waals surface area (Å²) < 4.78 is 23.8. The molecule has 2 amide bonds. The van der Waals surface area contributed by atoms with E-state index in [2.05, 4.69) is 0 Å². The van der Waals surface area contributed by atoms with Crippen LogP contribution in [-0.2, 0) is 19.8 Å². The predicted molar refractivity (Wildman–Crippen MR) is 91.6 cm³/mol. The summed E-state index contributed by atoms with van der Waals surface area (Å²) in [4.78, 5) is 27.8. The molecule has 2 fully saturated rings. The molecule has 0 spiro atoms. The summed E-state index contributed by atoms with van der Waals surface area (Å²) in [5.41, 5.74) is 1.10. The molecule has 2 saturated heterocycles. The molecule has 2 aliphatic rings. The average Bonchev–Trinajstić information content (AvgIpc) is 2.96. The first kappa shape index (κ1) is 17.8. The second kappa shape index (κ2) is 7.11. The van der Waals surface area contributed by atoms with Crippen LogP contribution in [0.3, 0.4) is 0 Å². The lowest BCUT2D eigenvalue weighted by molar-refractivity contribution is -0.139. The second-order valence-corrected chi connectivity index (χ2v) is 7.96. The first-order valence-corrected chi connectivity index (χ1v) is 9.73. The van der Waals surface area contributed by atoms with Crippen LogP contribution in [0.4, 0.5) is 0 Å². The average molecular weight is 366 g/mol. The molecule has 9 heteroatoms. The number of carbonyl (C=O) groups excluding carboxylic acids is 2. The smallest absolute Gasteiger partial charge is 0.277 e. The number of piperazine rings is 1. The zero-order valence-electron chi connectivity index (χ0n) is 13.9. The van der Waals surface area contributed by atoms with Gasteiger partial charge < -0.3 is 9.80 Å². The largest absolute Gasteiger partial charge is 0.339 e. The maximum absolute atomic E-state index is 12.4. The third-order valence-electron chi connectivity index (χ3n) is 4.76. The van der Waals surface area contributed by atoms with Gasteiger partial charge in [-0.1, -0.05) is 30.3 Å². The fourth-order valence-corrected chi connectivity index (χ4v) is 4.00. The van der Waals surface area contributed by atoms with Crippen LogP contribution in [0.15, 0.2) is 30.3 Å². The van der Waals surface area contributed by atoms with Gasteiger partial charge in [0, 0.05) is 45.1 Å². The van der Waals surface area contributed by atoms with Crippen molar-refractivity contribution in [2.24, 2.45) is 5.14 Å². The number of hydrogen-bond acceptors (Lipinski definition) is 4. The van der Waals surface area contributed by atoms with Crippen LogP contribution in [0, 0.1) is 0 Å². The van der Waals surface area contributed by atoms with Gasteiger partial charge in [-0.15, -0.1) is 0 Å². The van der Waals surface area contributed by atoms with Gasteiger partial charge >= 0.3 is 0 Å². The van der Waals surface area contributed by atoms with Crippen molar-refractivity contribution in [1.82, 2.24) is 14.1 Å². The Bertz CT molecular complexity index is 745. The minimum atomic E-state index is -3.71. The summed E-state index contributed by atoms with van der Waals surface area (Å²) in [6.07, 6.45) is 0.413. The van der Waals surface area contributed by atoms with E-state index in [4.69, 9.17) is 5.14 Å². The quantitative estimate of drug-likeness (QED) is 0.765. The van der Waals surface area contributed by atoms with E-state index in [-0.39, 0.29) is 37.4 Å². The van der Waals surface area contributed by atoms with Crippen LogP contribution in [0.5, 0.6) is 0 Å². The molecule has 136 valence electrons. The van der Waals surface area contributed by atoms with E-state index in [1.165, 1.54) is 0 Å². The molecule has 0 saturated carbocycles. The summed E-state index contributed by atoms with van der Waals surface area (Å²) in [7, 11) is -3.71. The Morgan fingerprint density at radius 3 is 2.36 bits per heavy atom. The van der Waals surface area contributed by atoms with Crippen molar-refractivity contribution >= 4 is 22.0 Å². The Morgan fingerprint density at radius 2 is 1.76 bits per heavy atom. The van der Waals surface area contributed by atoms with Gasteiger partial charge in [0.05, 0.1) is 6.54 Å². The van der Waals surface area contributed by atoms with Crippen LogP contribution in [0.2, 0.25) is 0 Å². The Morgan fingerprint density at radius 1 is 1.12 bits per heavy atom. The number of rotatable bonds is 4. The van der Waals surface area contributed by atoms with Crippen molar-refractivity contribution in [2.45, 2.75) is 12.3 Å². The maximum atomic E-state index is 12.4. The fourth-order valence-electron chi connectivity index (χ4n) is 3.33. The maximum Gasteiger partial charge on any atom is 0.277 e. The van der Waals surface area contributed by atoms with Gasteiger partial charge in [-0.05, 0) is 5.56 Å². The predicted octanol–water partition coefficient (Wildman–Crippen LogP) is -0.650. The third-order valence-corrected chi connectivity index (χ3v) is 5.85. The number of benzene rings is 1. The van der Waals surface area contributed by atoms with Crippen molar-refractivity contribution < 1.29 is 18.0 Å². The minimum Gasteiger partial charge on any atom is -0.339 e. The standard InChI is InChI=1S/C16H22N4O4S/c17-25(23,24)20-8-6-18(7-9-20)16(22)12-19-11-14(10-15(19)21)13-4-2-1-3-5-13/h1-5,14H,6-12H2,(H2,17,23,24)/t14-/m1/s1. The van der Waals surface area contributed by atoms with Gasteiger partial charge in [0.15, 0.2) is 0 Å². The summed E-state index contributed by atoms with van der Waals surface area (Å²) in [5, 5.41) is 5.09. The second-order valence-electron chi connectivity index (χ2n) is 6.41. The van der Waals surface area contributed by atoms with Gasteiger partial charge in [-0.3, -0.25) is 9.59 Å². The summed E-state index contributed by atoms with van der Waals surface area (Å²) in [6.45, 7) is 1.53. The molecule has 1 aromatic rings. The third kappa shape index (κ3) is 4.17. The molecule has 8 nitrogen and oxygen atoms in total. The topological polar surface area (TPSA) is 104 Å². The van der Waals surface area contributed by atoms with Gasteiger partial charge in [-0.2, -0.15) is 12.7 Å². The highest BCUT2D eigenvalue weighted by Gasteiger charge is 2.33. The molecule has 3 rings (SSSR count). The summed E-state index contributed by atoms with van der Waals surface area (Å²) in [5.74, 6) is -0.0674. The number of nitrogens with zero attached hydrogens (tertiary/aromatic N) is 3. The van der Waals surface area contributed by atoms with Gasteiger partial charge in [-0.25, -0.2) is 5.14 Å². The Hall–Kier alpha value is -1.97. The molecule has 0 unspecified atom stereocenters. The molecule has 0 aliphatic carbocycles. The highest BCUT2D eigenvalue weighted by Crippen LogP contribution is 2.27. The molecule has 2 N–H and O–H groups in total. The molecule has 1 atom stereocenters. The van der Waals surface area contributed by atoms with E-state index in [1.807, 2.05) is 30.3 Å². The first-order valence-electron chi connectivity index (χ1n) is 8.23. The van der Waals surface area contributed by atoms with Crippen molar-refractivity contribution in [3.05, 3.63) is 35.9 Å². The van der Waals surface area contributed by atoms with E-state index >= 15 is 0 Å². The van der Waals surface area contributed by atoms with E-state index < -0.39 is 10.2 Å². The van der Waals surface area contributed by atoms with Crippen molar-refractivity contribution in [2.75, 3.05) is 39.3 Å². The molecule has 2 aliphatic heterocycles. The minimum absolute atomic E-state index is 0.0228. The molecule has 1 aromatic carbocycles. The van der Waals surface area contributed by atoms with Crippen molar-refractivity contribution in [1.29, 1.82) is 0 Å². The summed E-state index contributed by atoms with van der Waals surface area (Å²) in [6, 6.07) is 9.81. The lowest BCUT2D eigenvalue weighted by Gasteiger charge is -2.33. The molecule has 25 heavy (non-hydrogen) atoms. The SMILES string of the molecule is NS(=O)(=O)N1CCN(C(=O)CN2C[C@H](c3ccccc3)CC2=O)CC1. The van der Waals surface area contributed by atoms with Crippen LogP contribution >= 0.6 is 0 Å². The molecule has 2 heterocycles. The number of likely N-dealkylation sites (tertiary alicyclic amines) is 1. The van der Waals surface area contributed by atoms with Gasteiger partial charge in [0.25, 0.3) is 10.2 Å². The normalized spacial score (nSPS) is 22.4.